The third-order valence-corrected chi connectivity index (χ3v) is 6.29. The Balaban J connectivity index is 1.27. The number of thioether (sulfide) groups is 1. The highest BCUT2D eigenvalue weighted by molar-refractivity contribution is 7.99. The van der Waals surface area contributed by atoms with E-state index in [2.05, 4.69) is 4.90 Å². The number of carbonyl (C=O) groups excluding carboxylic acids is 1. The van der Waals surface area contributed by atoms with Crippen LogP contribution in [-0.4, -0.2) is 56.1 Å². The monoisotopic (exact) mass is 363 g/mol. The fourth-order valence-electron chi connectivity index (χ4n) is 3.92. The molecule has 2 fully saturated rings. The molecule has 0 saturated carbocycles. The van der Waals surface area contributed by atoms with E-state index in [9.17, 15) is 4.79 Å². The molecular weight excluding hydrogens is 338 g/mol. The average Bonchev–Trinajstić information content (AvgIpc) is 3.09. The summed E-state index contributed by atoms with van der Waals surface area (Å²) in [7, 11) is 0. The van der Waals surface area contributed by atoms with E-state index in [4.69, 9.17) is 14.2 Å². The van der Waals surface area contributed by atoms with Crippen LogP contribution < -0.4 is 9.47 Å². The molecule has 4 rings (SSSR count). The lowest BCUT2D eigenvalue weighted by molar-refractivity contribution is -0.134. The minimum atomic E-state index is 0.233. The van der Waals surface area contributed by atoms with E-state index >= 15 is 0 Å². The predicted molar refractivity (Wildman–Crippen MR) is 96.5 cm³/mol. The average molecular weight is 363 g/mol. The molecule has 1 spiro atoms. The van der Waals surface area contributed by atoms with E-state index in [1.165, 1.54) is 6.42 Å². The maximum Gasteiger partial charge on any atom is 0.223 e. The van der Waals surface area contributed by atoms with Crippen LogP contribution in [0, 0.1) is 5.41 Å². The van der Waals surface area contributed by atoms with Gasteiger partial charge in [-0.15, -0.1) is 11.8 Å². The number of rotatable bonds is 4. The fraction of sp³-hybridized carbons (Fsp3) is 0.632. The largest absolute Gasteiger partial charge is 0.486 e. The summed E-state index contributed by atoms with van der Waals surface area (Å²) >= 11 is 1.70. The van der Waals surface area contributed by atoms with Gasteiger partial charge in [0.15, 0.2) is 11.5 Å². The first-order valence-electron chi connectivity index (χ1n) is 9.12. The standard InChI is InChI=1S/C19H25NO4S/c21-18(20-7-1-5-19(13-20)6-8-22-14-19)4-11-25-15-2-3-16-17(12-15)24-10-9-23-16/h2-3,12H,1,4-11,13-14H2/t19-/m1/s1. The highest BCUT2D eigenvalue weighted by atomic mass is 32.2. The molecule has 3 aliphatic heterocycles. The van der Waals surface area contributed by atoms with Crippen LogP contribution in [0.15, 0.2) is 23.1 Å². The van der Waals surface area contributed by atoms with Crippen molar-refractivity contribution in [3.05, 3.63) is 18.2 Å². The predicted octanol–water partition coefficient (Wildman–Crippen LogP) is 2.97. The second kappa shape index (κ2) is 7.46. The molecule has 0 radical (unpaired) electrons. The Labute approximate surface area is 153 Å². The third-order valence-electron chi connectivity index (χ3n) is 5.30. The topological polar surface area (TPSA) is 48.0 Å². The lowest BCUT2D eigenvalue weighted by Gasteiger charge is -2.39. The molecule has 1 atom stereocenters. The smallest absolute Gasteiger partial charge is 0.223 e. The van der Waals surface area contributed by atoms with Gasteiger partial charge in [0, 0.05) is 42.2 Å². The summed E-state index contributed by atoms with van der Waals surface area (Å²) in [5, 5.41) is 0. The first kappa shape index (κ1) is 17.0. The van der Waals surface area contributed by atoms with Gasteiger partial charge in [-0.3, -0.25) is 4.79 Å². The van der Waals surface area contributed by atoms with Crippen LogP contribution in [0.3, 0.4) is 0 Å². The minimum absolute atomic E-state index is 0.233. The molecule has 5 nitrogen and oxygen atoms in total. The summed E-state index contributed by atoms with van der Waals surface area (Å²) in [6.45, 7) is 4.65. The molecule has 3 aliphatic rings. The number of benzene rings is 1. The molecule has 1 aromatic rings. The van der Waals surface area contributed by atoms with E-state index in [1.54, 1.807) is 11.8 Å². The zero-order valence-corrected chi connectivity index (χ0v) is 15.3. The number of fused-ring (bicyclic) bond motifs is 1. The van der Waals surface area contributed by atoms with Crippen LogP contribution in [0.1, 0.15) is 25.7 Å². The summed E-state index contributed by atoms with van der Waals surface area (Å²) in [6, 6.07) is 6.00. The molecule has 1 aromatic carbocycles. The molecule has 1 amide bonds. The van der Waals surface area contributed by atoms with Gasteiger partial charge in [-0.25, -0.2) is 0 Å². The zero-order valence-electron chi connectivity index (χ0n) is 14.5. The zero-order chi connectivity index (χ0) is 17.1. The van der Waals surface area contributed by atoms with E-state index in [0.717, 1.165) is 61.3 Å². The van der Waals surface area contributed by atoms with Crippen molar-refractivity contribution in [2.24, 2.45) is 5.41 Å². The Hall–Kier alpha value is -1.40. The van der Waals surface area contributed by atoms with Crippen LogP contribution in [0.2, 0.25) is 0 Å². The van der Waals surface area contributed by atoms with Crippen LogP contribution in [0.4, 0.5) is 0 Å². The molecule has 25 heavy (non-hydrogen) atoms. The van der Waals surface area contributed by atoms with E-state index in [0.29, 0.717) is 19.6 Å². The van der Waals surface area contributed by atoms with E-state index in [-0.39, 0.29) is 11.3 Å². The van der Waals surface area contributed by atoms with Gasteiger partial charge >= 0.3 is 0 Å². The number of carbonyl (C=O) groups is 1. The van der Waals surface area contributed by atoms with Crippen LogP contribution >= 0.6 is 11.8 Å². The summed E-state index contributed by atoms with van der Waals surface area (Å²) in [6.07, 6.45) is 3.98. The Morgan fingerprint density at radius 2 is 2.04 bits per heavy atom. The van der Waals surface area contributed by atoms with Gasteiger partial charge in [-0.05, 0) is 37.5 Å². The molecule has 0 bridgehead atoms. The molecule has 136 valence electrons. The lowest BCUT2D eigenvalue weighted by Crippen LogP contribution is -2.46. The molecular formula is C19H25NO4S. The number of nitrogens with zero attached hydrogens (tertiary/aromatic N) is 1. The quantitative estimate of drug-likeness (QED) is 0.770. The normalized spacial score (nSPS) is 25.4. The molecule has 0 N–H and O–H groups in total. The Morgan fingerprint density at radius 1 is 1.16 bits per heavy atom. The Bertz CT molecular complexity index is 630. The van der Waals surface area contributed by atoms with Crippen molar-refractivity contribution >= 4 is 17.7 Å². The van der Waals surface area contributed by atoms with Gasteiger partial charge in [0.05, 0.1) is 6.61 Å². The number of hydrogen-bond donors (Lipinski definition) is 0. The van der Waals surface area contributed by atoms with E-state index < -0.39 is 0 Å². The van der Waals surface area contributed by atoms with Gasteiger partial charge in [0.25, 0.3) is 0 Å². The highest BCUT2D eigenvalue weighted by Gasteiger charge is 2.39. The molecule has 0 aliphatic carbocycles. The second-order valence-corrected chi connectivity index (χ2v) is 8.29. The maximum atomic E-state index is 12.6. The molecule has 3 heterocycles. The number of amides is 1. The van der Waals surface area contributed by atoms with Gasteiger partial charge in [0.2, 0.25) is 5.91 Å². The molecule has 2 saturated heterocycles. The summed E-state index contributed by atoms with van der Waals surface area (Å²) in [5.74, 6) is 2.68. The SMILES string of the molecule is O=C(CCSc1ccc2c(c1)OCCO2)N1CCC[C@@]2(CCOC2)C1. The maximum absolute atomic E-state index is 12.6. The van der Waals surface area contributed by atoms with Crippen LogP contribution in [0.5, 0.6) is 11.5 Å². The molecule has 6 heteroatoms. The van der Waals surface area contributed by atoms with Gasteiger partial charge < -0.3 is 19.1 Å². The van der Waals surface area contributed by atoms with Gasteiger partial charge in [0.1, 0.15) is 13.2 Å². The van der Waals surface area contributed by atoms with Crippen molar-refractivity contribution in [1.29, 1.82) is 0 Å². The van der Waals surface area contributed by atoms with Gasteiger partial charge in [-0.1, -0.05) is 0 Å². The number of likely N-dealkylation sites (tertiary alicyclic amines) is 1. The number of piperidine rings is 1. The van der Waals surface area contributed by atoms with Crippen LogP contribution in [0.25, 0.3) is 0 Å². The lowest BCUT2D eigenvalue weighted by atomic mass is 9.79. The van der Waals surface area contributed by atoms with Crippen molar-refractivity contribution in [3.8, 4) is 11.5 Å². The Morgan fingerprint density at radius 3 is 2.88 bits per heavy atom. The molecule has 0 unspecified atom stereocenters. The summed E-state index contributed by atoms with van der Waals surface area (Å²) in [4.78, 5) is 15.8. The summed E-state index contributed by atoms with van der Waals surface area (Å²) in [5.41, 5.74) is 0.233. The van der Waals surface area contributed by atoms with Crippen molar-refractivity contribution < 1.29 is 19.0 Å². The van der Waals surface area contributed by atoms with Crippen LogP contribution in [-0.2, 0) is 9.53 Å². The van der Waals surface area contributed by atoms with Gasteiger partial charge in [-0.2, -0.15) is 0 Å². The number of ether oxygens (including phenoxy) is 3. The first-order valence-corrected chi connectivity index (χ1v) is 10.1. The van der Waals surface area contributed by atoms with Crippen molar-refractivity contribution in [3.63, 3.8) is 0 Å². The minimum Gasteiger partial charge on any atom is -0.486 e. The second-order valence-electron chi connectivity index (χ2n) is 7.13. The summed E-state index contributed by atoms with van der Waals surface area (Å²) < 4.78 is 16.7. The van der Waals surface area contributed by atoms with E-state index in [1.807, 2.05) is 18.2 Å². The highest BCUT2D eigenvalue weighted by Crippen LogP contribution is 2.38. The fourth-order valence-corrected chi connectivity index (χ4v) is 4.79. The van der Waals surface area contributed by atoms with Crippen molar-refractivity contribution in [2.75, 3.05) is 45.3 Å². The first-order chi connectivity index (χ1) is 12.2. The van der Waals surface area contributed by atoms with Crippen molar-refractivity contribution in [2.45, 2.75) is 30.6 Å². The van der Waals surface area contributed by atoms with Crippen molar-refractivity contribution in [1.82, 2.24) is 4.90 Å². The number of hydrogen-bond acceptors (Lipinski definition) is 5. The Kier molecular flexibility index (Phi) is 5.08. The third kappa shape index (κ3) is 3.90. The molecule has 0 aromatic heterocycles.